The number of terminal acetylenes is 6. The fourth-order valence-corrected chi connectivity index (χ4v) is 0. The van der Waals surface area contributed by atoms with Crippen LogP contribution in [0.2, 0.25) is 0 Å². The van der Waals surface area contributed by atoms with E-state index in [-0.39, 0.29) is 40.0 Å². The highest BCUT2D eigenvalue weighted by Crippen LogP contribution is 1.56. The van der Waals surface area contributed by atoms with E-state index in [1.807, 2.05) is 0 Å². The Morgan fingerprint density at radius 2 is 0.731 bits per heavy atom. The minimum atomic E-state index is 0. The lowest BCUT2D eigenvalue weighted by Crippen LogP contribution is -1.27. The molecule has 0 spiro atoms. The van der Waals surface area contributed by atoms with Crippen LogP contribution in [-0.2, 0) is 0 Å². The summed E-state index contributed by atoms with van der Waals surface area (Å²) in [5.41, 5.74) is 0. The van der Waals surface area contributed by atoms with Crippen LogP contribution in [0, 0.1) is 75.0 Å². The molecule has 26 heavy (non-hydrogen) atoms. The van der Waals surface area contributed by atoms with Crippen molar-refractivity contribution in [3.8, 4) is 75.0 Å². The Labute approximate surface area is 187 Å². The highest BCUT2D eigenvalue weighted by Gasteiger charge is 1.35. The fourth-order valence-electron chi connectivity index (χ4n) is 0. The normalized spacial score (nSPS) is 3.96. The summed E-state index contributed by atoms with van der Waals surface area (Å²) in [4.78, 5) is 0. The minimum absolute atomic E-state index is 0. The molecule has 0 amide bonds. The Morgan fingerprint density at radius 3 is 0.731 bits per heavy atom. The van der Waals surface area contributed by atoms with E-state index in [9.17, 15) is 0 Å². The van der Waals surface area contributed by atoms with Crippen LogP contribution >= 0.6 is 0 Å². The molecule has 0 heteroatoms. The van der Waals surface area contributed by atoms with Crippen LogP contribution in [0.1, 0.15) is 112 Å². The lowest BCUT2D eigenvalue weighted by Gasteiger charge is -1.48. The van der Waals surface area contributed by atoms with Gasteiger partial charge in [-0.15, -0.1) is 75.0 Å². The molecule has 0 heterocycles. The largest absolute Gasteiger partial charge is 0.124 e. The van der Waals surface area contributed by atoms with Crippen molar-refractivity contribution in [1.82, 2.24) is 0 Å². The lowest BCUT2D eigenvalue weighted by atomic mass is 10.6. The third kappa shape index (κ3) is 1270. The van der Waals surface area contributed by atoms with E-state index in [2.05, 4.69) is 76.1 Å². The van der Waals surface area contributed by atoms with Crippen molar-refractivity contribution >= 4 is 0 Å². The topological polar surface area (TPSA) is 0 Å². The van der Waals surface area contributed by atoms with Crippen molar-refractivity contribution in [2.24, 2.45) is 0 Å². The molecule has 0 aromatic heterocycles. The van der Waals surface area contributed by atoms with Crippen molar-refractivity contribution in [3.05, 3.63) is 0 Å². The molecule has 0 atom stereocenters. The van der Waals surface area contributed by atoms with E-state index in [0.717, 1.165) is 0 Å². The second-order valence-corrected chi connectivity index (χ2v) is 1.86. The quantitative estimate of drug-likeness (QED) is 0.360. The molecule has 0 aromatic rings. The van der Waals surface area contributed by atoms with E-state index in [1.54, 1.807) is 34.6 Å². The molecule has 0 rings (SSSR count). The molecule has 0 aliphatic carbocycles. The highest BCUT2D eigenvalue weighted by atomic mass is 13.4. The summed E-state index contributed by atoms with van der Waals surface area (Å²) in [6.45, 7) is 13.2. The van der Waals surface area contributed by atoms with E-state index >= 15 is 0 Å². The van der Waals surface area contributed by atoms with Crippen LogP contribution in [0.25, 0.3) is 0 Å². The summed E-state index contributed by atoms with van der Waals surface area (Å²) >= 11 is 0. The predicted molar refractivity (Wildman–Crippen MR) is 147 cm³/mol. The molecular formula is C26H62. The van der Waals surface area contributed by atoms with Crippen LogP contribution in [0.15, 0.2) is 0 Å². The summed E-state index contributed by atoms with van der Waals surface area (Å²) < 4.78 is 37.7. The Hall–Kier alpha value is -2.64. The van der Waals surface area contributed by atoms with Gasteiger partial charge in [0.05, 0.1) is 0 Å². The SMILES string of the molecule is C.C.C.C.C.C#CC.C#CC.C#CC.C#CC.CCC.[3HH].[3HH].[3H]C#C.[3H]C#C.[3H]CC.[3H][3H].[3H][3H]. The van der Waals surface area contributed by atoms with E-state index in [1.165, 1.54) is 19.2 Å². The van der Waals surface area contributed by atoms with Crippen molar-refractivity contribution < 1.29 is 12.9 Å². The summed E-state index contributed by atoms with van der Waals surface area (Å²) in [6, 6.07) is 0. The van der Waals surface area contributed by atoms with Gasteiger partial charge in [0.1, 0.15) is 2.74 Å². The first-order chi connectivity index (χ1) is 13.3. The van der Waals surface area contributed by atoms with Crippen molar-refractivity contribution in [3.63, 3.8) is 0 Å². The summed E-state index contributed by atoms with van der Waals surface area (Å²) in [5, 5.41) is 0. The van der Waals surface area contributed by atoms with Gasteiger partial charge in [0.15, 0.2) is 0 Å². The molecule has 0 radical (unpaired) electrons. The van der Waals surface area contributed by atoms with Crippen LogP contribution in [0.5, 0.6) is 0 Å². The molecule has 0 fully saturated rings. The van der Waals surface area contributed by atoms with Crippen LogP contribution in [0.3, 0.4) is 0 Å². The second-order valence-electron chi connectivity index (χ2n) is 1.86. The number of hydrogen-bond donors (Lipinski definition) is 0. The molecule has 0 aliphatic rings. The molecule has 0 saturated heterocycles. The first-order valence-electron chi connectivity index (χ1n) is 9.56. The monoisotopic (exact) mass is 393 g/mol. The lowest BCUT2D eigenvalue weighted by molar-refractivity contribution is 1.09. The summed E-state index contributed by atoms with van der Waals surface area (Å²) in [6.07, 6.45) is 31.2. The zero-order chi connectivity index (χ0) is 25.7. The van der Waals surface area contributed by atoms with Gasteiger partial charge in [0.2, 0.25) is 0 Å². The standard InChI is InChI=1S/C3H8.4C3H4.C2H6.2C2H2.5CH4.4H2/c5*1-3-2;3*1-2;;;;;;;;;/h3H2,1-2H3;4*1H,2H3;1-2H3;2*1-2H;5*1H4;4*1H/i;;;;;3*1T;;;;;;2*1+2T;2*1+2. The molecule has 0 unspecified atom stereocenters. The first-order valence-corrected chi connectivity index (χ1v) is 5.85. The van der Waals surface area contributed by atoms with Gasteiger partial charge in [0, 0.05) is 10.2 Å². The van der Waals surface area contributed by atoms with Gasteiger partial charge in [-0.25, -0.2) is 0 Å². The molecule has 0 bridgehead atoms. The van der Waals surface area contributed by atoms with Crippen LogP contribution < -0.4 is 0 Å². The molecule has 0 N–H and O–H groups in total. The van der Waals surface area contributed by atoms with E-state index in [0.29, 0.717) is 6.90 Å². The van der Waals surface area contributed by atoms with Gasteiger partial charge >= 0.3 is 0 Å². The molecule has 0 aliphatic heterocycles. The zero-order valence-corrected chi connectivity index (χ0v) is 14.9. The van der Waals surface area contributed by atoms with Gasteiger partial charge in [-0.3, -0.25) is 0 Å². The Bertz CT molecular complexity index is 276. The fraction of sp³-hybridized carbons (Fsp3) is 0.538. The van der Waals surface area contributed by atoms with Crippen molar-refractivity contribution in [2.75, 3.05) is 0 Å². The minimum Gasteiger partial charge on any atom is -0.124 e. The first kappa shape index (κ1) is 49.5. The smallest absolute Gasteiger partial charge is 0.124 e. The highest BCUT2D eigenvalue weighted by molar-refractivity contribution is 4.74. The molecule has 166 valence electrons. The molecule has 0 aromatic carbocycles. The van der Waals surface area contributed by atoms with E-state index in [4.69, 9.17) is 10.1 Å². The molecule has 0 nitrogen and oxygen atoms in total. The van der Waals surface area contributed by atoms with Crippen LogP contribution in [-0.4, -0.2) is 0 Å². The second kappa shape index (κ2) is 1830. The summed E-state index contributed by atoms with van der Waals surface area (Å²) in [7, 11) is 0. The molecule has 0 saturated carbocycles. The van der Waals surface area contributed by atoms with Gasteiger partial charge in [-0.05, 0) is 27.7 Å². The van der Waals surface area contributed by atoms with Crippen LogP contribution in [0.4, 0.5) is 0 Å². The molecular weight excluding hydrogens is 312 g/mol. The third-order valence-electron chi connectivity index (χ3n) is 0. The Balaban J connectivity index is -0.00000000673. The van der Waals surface area contributed by atoms with E-state index < -0.39 is 0 Å². The number of rotatable bonds is 0. The average molecular weight is 393 g/mol. The third-order valence-corrected chi connectivity index (χ3v) is 0. The van der Waals surface area contributed by atoms with Crippen molar-refractivity contribution in [1.29, 1.82) is 0 Å². The van der Waals surface area contributed by atoms with Gasteiger partial charge < -0.3 is 0 Å². The maximum Gasteiger partial charge on any atom is 0.124 e. The summed E-state index contributed by atoms with van der Waals surface area (Å²) in [5.74, 6) is 9.00. The zero-order valence-electron chi connectivity index (χ0n) is 21.9. The van der Waals surface area contributed by atoms with Gasteiger partial charge in [0.25, 0.3) is 0 Å². The number of hydrogen-bond acceptors (Lipinski definition) is 0. The maximum absolute atomic E-state index is 6.21. The Morgan fingerprint density at radius 1 is 0.731 bits per heavy atom. The maximum atomic E-state index is 6.21. The van der Waals surface area contributed by atoms with Gasteiger partial charge in [-0.1, -0.05) is 71.2 Å². The van der Waals surface area contributed by atoms with Crippen molar-refractivity contribution in [2.45, 2.75) is 98.9 Å². The average Bonchev–Trinajstić information content (AvgIpc) is 2.63. The Kier molecular flexibility index (Phi) is 3490. The predicted octanol–water partition coefficient (Wildman–Crippen LogP) is 9.66. The van der Waals surface area contributed by atoms with Gasteiger partial charge in [-0.2, -0.15) is 0 Å².